The van der Waals surface area contributed by atoms with Crippen LogP contribution in [-0.4, -0.2) is 24.7 Å². The zero-order chi connectivity index (χ0) is 24.2. The van der Waals surface area contributed by atoms with Crippen LogP contribution in [0.4, 0.5) is 10.1 Å². The van der Waals surface area contributed by atoms with E-state index in [9.17, 15) is 19.2 Å². The van der Waals surface area contributed by atoms with Gasteiger partial charge in [0.05, 0.1) is 35.2 Å². The molecular formula is C25H26FN3O3S. The SMILES string of the molecule is COc1ccc(C(C)(C)C)cc1NC(=O)CSC1=C(C#N)[C@H](c2ccccc2F)CC(=O)N1. The molecule has 1 heterocycles. The monoisotopic (exact) mass is 467 g/mol. The van der Waals surface area contributed by atoms with E-state index in [-0.39, 0.29) is 45.6 Å². The first kappa shape index (κ1) is 24.3. The first-order valence-electron chi connectivity index (χ1n) is 10.4. The molecule has 2 aromatic carbocycles. The number of rotatable bonds is 6. The second-order valence-corrected chi connectivity index (χ2v) is 9.67. The van der Waals surface area contributed by atoms with E-state index in [0.29, 0.717) is 11.4 Å². The Balaban J connectivity index is 1.80. The highest BCUT2D eigenvalue weighted by atomic mass is 32.2. The zero-order valence-corrected chi connectivity index (χ0v) is 19.8. The van der Waals surface area contributed by atoms with E-state index in [1.807, 2.05) is 12.1 Å². The van der Waals surface area contributed by atoms with E-state index < -0.39 is 11.7 Å². The Labute approximate surface area is 197 Å². The van der Waals surface area contributed by atoms with Crippen molar-refractivity contribution in [2.24, 2.45) is 0 Å². The lowest BCUT2D eigenvalue weighted by Crippen LogP contribution is -2.31. The third kappa shape index (κ3) is 5.74. The van der Waals surface area contributed by atoms with Crippen LogP contribution in [0.2, 0.25) is 0 Å². The van der Waals surface area contributed by atoms with Gasteiger partial charge in [-0.3, -0.25) is 9.59 Å². The number of amides is 2. The maximum absolute atomic E-state index is 14.3. The first-order chi connectivity index (χ1) is 15.6. The second kappa shape index (κ2) is 10.1. The average molecular weight is 468 g/mol. The summed E-state index contributed by atoms with van der Waals surface area (Å²) in [5.74, 6) is -1.34. The highest BCUT2D eigenvalue weighted by Gasteiger charge is 2.31. The number of carbonyl (C=O) groups excluding carboxylic acids is 2. The molecular weight excluding hydrogens is 441 g/mol. The van der Waals surface area contributed by atoms with Crippen LogP contribution >= 0.6 is 11.8 Å². The number of hydrogen-bond donors (Lipinski definition) is 2. The molecule has 1 atom stereocenters. The number of benzene rings is 2. The normalized spacial score (nSPS) is 16.1. The van der Waals surface area contributed by atoms with Gasteiger partial charge < -0.3 is 15.4 Å². The van der Waals surface area contributed by atoms with Crippen LogP contribution in [-0.2, 0) is 15.0 Å². The number of hydrogen-bond acceptors (Lipinski definition) is 5. The minimum Gasteiger partial charge on any atom is -0.495 e. The summed E-state index contributed by atoms with van der Waals surface area (Å²) in [5, 5.41) is 15.5. The minimum atomic E-state index is -0.695. The van der Waals surface area contributed by atoms with Crippen LogP contribution in [0.1, 0.15) is 44.2 Å². The van der Waals surface area contributed by atoms with Crippen molar-refractivity contribution in [3.8, 4) is 11.8 Å². The van der Waals surface area contributed by atoms with Crippen LogP contribution in [0.5, 0.6) is 5.75 Å². The van der Waals surface area contributed by atoms with Gasteiger partial charge in [-0.05, 0) is 34.7 Å². The summed E-state index contributed by atoms with van der Waals surface area (Å²) in [4.78, 5) is 25.0. The third-order valence-corrected chi connectivity index (χ3v) is 6.34. The molecule has 0 saturated carbocycles. The molecule has 0 spiro atoms. The Morgan fingerprint density at radius 2 is 2.03 bits per heavy atom. The number of nitrogens with one attached hydrogen (secondary N) is 2. The van der Waals surface area contributed by atoms with Crippen LogP contribution < -0.4 is 15.4 Å². The van der Waals surface area contributed by atoms with Gasteiger partial charge >= 0.3 is 0 Å². The fourth-order valence-corrected chi connectivity index (χ4v) is 4.43. The Bertz CT molecular complexity index is 1150. The van der Waals surface area contributed by atoms with Crippen molar-refractivity contribution in [3.05, 3.63) is 70.0 Å². The minimum absolute atomic E-state index is 0.0309. The molecule has 1 aliphatic rings. The molecule has 0 unspecified atom stereocenters. The lowest BCUT2D eigenvalue weighted by molar-refractivity contribution is -0.121. The summed E-state index contributed by atoms with van der Waals surface area (Å²) in [6.07, 6.45) is -0.0309. The molecule has 1 aliphatic heterocycles. The Morgan fingerprint density at radius 1 is 1.30 bits per heavy atom. The molecule has 8 heteroatoms. The summed E-state index contributed by atoms with van der Waals surface area (Å²) in [6.45, 7) is 6.22. The molecule has 0 saturated heterocycles. The largest absolute Gasteiger partial charge is 0.495 e. The van der Waals surface area contributed by atoms with Crippen molar-refractivity contribution >= 4 is 29.3 Å². The highest BCUT2D eigenvalue weighted by Crippen LogP contribution is 2.37. The maximum Gasteiger partial charge on any atom is 0.234 e. The van der Waals surface area contributed by atoms with Crippen molar-refractivity contribution in [3.63, 3.8) is 0 Å². The van der Waals surface area contributed by atoms with Gasteiger partial charge in [0.25, 0.3) is 0 Å². The molecule has 2 N–H and O–H groups in total. The fraction of sp³-hybridized carbons (Fsp3) is 0.320. The van der Waals surface area contributed by atoms with Crippen LogP contribution in [0.3, 0.4) is 0 Å². The van der Waals surface area contributed by atoms with Gasteiger partial charge in [0.15, 0.2) is 0 Å². The number of halogens is 1. The van der Waals surface area contributed by atoms with E-state index in [4.69, 9.17) is 4.74 Å². The second-order valence-electron chi connectivity index (χ2n) is 8.68. The molecule has 0 fully saturated rings. The van der Waals surface area contributed by atoms with E-state index in [2.05, 4.69) is 37.5 Å². The van der Waals surface area contributed by atoms with Gasteiger partial charge in [0.1, 0.15) is 11.6 Å². The van der Waals surface area contributed by atoms with Crippen LogP contribution in [0.15, 0.2) is 53.1 Å². The molecule has 0 bridgehead atoms. The Morgan fingerprint density at radius 3 is 2.67 bits per heavy atom. The lowest BCUT2D eigenvalue weighted by Gasteiger charge is -2.25. The van der Waals surface area contributed by atoms with Crippen LogP contribution in [0, 0.1) is 17.1 Å². The number of nitrogens with zero attached hydrogens (tertiary/aromatic N) is 1. The molecule has 33 heavy (non-hydrogen) atoms. The molecule has 0 radical (unpaired) electrons. The zero-order valence-electron chi connectivity index (χ0n) is 19.0. The van der Waals surface area contributed by atoms with Gasteiger partial charge in [-0.2, -0.15) is 5.26 Å². The predicted molar refractivity (Wildman–Crippen MR) is 127 cm³/mol. The molecule has 2 aromatic rings. The van der Waals surface area contributed by atoms with Gasteiger partial charge in [-0.1, -0.05) is 56.8 Å². The number of ether oxygens (including phenoxy) is 1. The lowest BCUT2D eigenvalue weighted by atomic mass is 9.87. The molecule has 3 rings (SSSR count). The highest BCUT2D eigenvalue weighted by molar-refractivity contribution is 8.03. The van der Waals surface area contributed by atoms with E-state index in [0.717, 1.165) is 17.3 Å². The quantitative estimate of drug-likeness (QED) is 0.634. The third-order valence-electron chi connectivity index (χ3n) is 5.32. The standard InChI is InChI=1S/C25H26FN3O3S/c1-25(2,3)15-9-10-21(32-4)20(11-15)28-23(31)14-33-24-18(13-27)17(12-22(30)29-24)16-7-5-6-8-19(16)26/h5-11,17H,12,14H2,1-4H3,(H,28,31)(H,29,30)/t17-/m0/s1. The molecule has 172 valence electrons. The number of allylic oxidation sites excluding steroid dienone is 1. The topological polar surface area (TPSA) is 91.2 Å². The number of nitriles is 1. The number of methoxy groups -OCH3 is 1. The summed E-state index contributed by atoms with van der Waals surface area (Å²) >= 11 is 1.04. The number of thioether (sulfide) groups is 1. The van der Waals surface area contributed by atoms with E-state index in [1.165, 1.54) is 13.2 Å². The molecule has 0 aliphatic carbocycles. The van der Waals surface area contributed by atoms with Crippen molar-refractivity contribution in [2.45, 2.75) is 38.5 Å². The fourth-order valence-electron chi connectivity index (χ4n) is 3.55. The summed E-state index contributed by atoms with van der Waals surface area (Å²) in [6, 6.07) is 13.8. The van der Waals surface area contributed by atoms with Gasteiger partial charge in [-0.15, -0.1) is 0 Å². The molecule has 0 aromatic heterocycles. The average Bonchev–Trinajstić information content (AvgIpc) is 2.77. The summed E-state index contributed by atoms with van der Waals surface area (Å²) < 4.78 is 19.7. The van der Waals surface area contributed by atoms with Gasteiger partial charge in [-0.25, -0.2) is 4.39 Å². The van der Waals surface area contributed by atoms with Crippen molar-refractivity contribution in [1.82, 2.24) is 5.32 Å². The van der Waals surface area contributed by atoms with E-state index in [1.54, 1.807) is 24.3 Å². The predicted octanol–water partition coefficient (Wildman–Crippen LogP) is 4.84. The maximum atomic E-state index is 14.3. The van der Waals surface area contributed by atoms with Crippen molar-refractivity contribution in [1.29, 1.82) is 5.26 Å². The van der Waals surface area contributed by atoms with Gasteiger partial charge in [0.2, 0.25) is 11.8 Å². The summed E-state index contributed by atoms with van der Waals surface area (Å²) in [7, 11) is 1.53. The number of carbonyl (C=O) groups is 2. The molecule has 2 amide bonds. The molecule has 6 nitrogen and oxygen atoms in total. The van der Waals surface area contributed by atoms with E-state index >= 15 is 0 Å². The number of anilines is 1. The van der Waals surface area contributed by atoms with Crippen molar-refractivity contribution < 1.29 is 18.7 Å². The Hall–Kier alpha value is -3.31. The van der Waals surface area contributed by atoms with Crippen molar-refractivity contribution in [2.75, 3.05) is 18.2 Å². The van der Waals surface area contributed by atoms with Crippen LogP contribution in [0.25, 0.3) is 0 Å². The Kier molecular flexibility index (Phi) is 7.44. The van der Waals surface area contributed by atoms with Gasteiger partial charge in [0, 0.05) is 12.3 Å². The smallest absolute Gasteiger partial charge is 0.234 e. The first-order valence-corrected chi connectivity index (χ1v) is 11.4. The summed E-state index contributed by atoms with van der Waals surface area (Å²) in [5.41, 5.74) is 2.00.